The van der Waals surface area contributed by atoms with E-state index < -0.39 is 0 Å². The monoisotopic (exact) mass is 360 g/mol. The van der Waals surface area contributed by atoms with Crippen LogP contribution in [0.3, 0.4) is 0 Å². The number of fused-ring (bicyclic) bond motifs is 1. The highest BCUT2D eigenvalue weighted by Crippen LogP contribution is 2.30. The summed E-state index contributed by atoms with van der Waals surface area (Å²) in [5, 5.41) is 5.74. The van der Waals surface area contributed by atoms with Crippen molar-refractivity contribution in [3.8, 4) is 0 Å². The summed E-state index contributed by atoms with van der Waals surface area (Å²) >= 11 is 0. The van der Waals surface area contributed by atoms with Crippen LogP contribution < -0.4 is 10.6 Å². The number of aryl methyl sites for hydroxylation is 2. The van der Waals surface area contributed by atoms with Gasteiger partial charge in [-0.3, -0.25) is 9.59 Å². The van der Waals surface area contributed by atoms with E-state index in [4.69, 9.17) is 0 Å². The molecule has 2 aromatic carbocycles. The van der Waals surface area contributed by atoms with E-state index >= 15 is 0 Å². The Labute approximate surface area is 157 Å². The largest absolute Gasteiger partial charge is 0.326 e. The third kappa shape index (κ3) is 3.79. The van der Waals surface area contributed by atoms with Crippen LogP contribution >= 0.6 is 0 Å². The quantitative estimate of drug-likeness (QED) is 0.740. The van der Waals surface area contributed by atoms with Crippen molar-refractivity contribution in [1.29, 1.82) is 0 Å². The van der Waals surface area contributed by atoms with Crippen LogP contribution in [0.5, 0.6) is 0 Å². The zero-order valence-corrected chi connectivity index (χ0v) is 15.2. The lowest BCUT2D eigenvalue weighted by molar-refractivity contribution is -0.117. The highest BCUT2D eigenvalue weighted by atomic mass is 16.2. The van der Waals surface area contributed by atoms with Gasteiger partial charge in [-0.15, -0.1) is 0 Å². The molecule has 0 aliphatic heterocycles. The van der Waals surface area contributed by atoms with Gasteiger partial charge in [-0.05, 0) is 69.2 Å². The first-order valence-corrected chi connectivity index (χ1v) is 8.97. The molecule has 6 heteroatoms. The van der Waals surface area contributed by atoms with E-state index in [9.17, 15) is 9.59 Å². The van der Waals surface area contributed by atoms with E-state index in [1.165, 1.54) is 0 Å². The van der Waals surface area contributed by atoms with Crippen molar-refractivity contribution < 1.29 is 9.59 Å². The molecule has 0 radical (unpaired) electrons. The topological polar surface area (TPSA) is 84.0 Å². The number of rotatable bonds is 4. The normalized spacial score (nSPS) is 13.4. The zero-order chi connectivity index (χ0) is 19.0. The molecule has 4 rings (SSSR count). The van der Waals surface area contributed by atoms with E-state index in [0.717, 1.165) is 35.4 Å². The minimum atomic E-state index is -0.216. The molecule has 3 aromatic rings. The maximum absolute atomic E-state index is 12.5. The fourth-order valence-electron chi connectivity index (χ4n) is 2.80. The Morgan fingerprint density at radius 1 is 0.852 bits per heavy atom. The van der Waals surface area contributed by atoms with Gasteiger partial charge in [0.2, 0.25) is 5.91 Å². The Hall–Kier alpha value is -3.28. The standard InChI is InChI=1S/C21H20N4O2/c1-12-13(2)23-19-11-15(5-10-18(19)22-12)21(27)25-17-8-6-16(7-9-17)24-20(26)14-3-4-14/h5-11,14H,3-4H2,1-2H3,(H,24,26)(H,25,27). The Morgan fingerprint density at radius 3 is 2.07 bits per heavy atom. The van der Waals surface area contributed by atoms with E-state index in [2.05, 4.69) is 20.6 Å². The van der Waals surface area contributed by atoms with Crippen molar-refractivity contribution in [3.05, 3.63) is 59.4 Å². The SMILES string of the molecule is Cc1nc2ccc(C(=O)Nc3ccc(NC(=O)C4CC4)cc3)cc2nc1C. The number of carbonyl (C=O) groups excluding carboxylic acids is 2. The first-order chi connectivity index (χ1) is 13.0. The summed E-state index contributed by atoms with van der Waals surface area (Å²) in [6.07, 6.45) is 1.93. The summed E-state index contributed by atoms with van der Waals surface area (Å²) in [6.45, 7) is 3.82. The summed E-state index contributed by atoms with van der Waals surface area (Å²) in [7, 11) is 0. The predicted molar refractivity (Wildman–Crippen MR) is 105 cm³/mol. The lowest BCUT2D eigenvalue weighted by Gasteiger charge is -2.09. The summed E-state index contributed by atoms with van der Waals surface area (Å²) in [6, 6.07) is 12.4. The molecule has 1 aliphatic rings. The Kier molecular flexibility index (Phi) is 4.32. The molecule has 0 atom stereocenters. The average Bonchev–Trinajstić information content (AvgIpc) is 3.49. The first kappa shape index (κ1) is 17.1. The molecule has 1 heterocycles. The smallest absolute Gasteiger partial charge is 0.255 e. The van der Waals surface area contributed by atoms with E-state index in [1.54, 1.807) is 42.5 Å². The number of aromatic nitrogens is 2. The molecule has 1 aliphatic carbocycles. The van der Waals surface area contributed by atoms with E-state index in [1.807, 2.05) is 13.8 Å². The number of nitrogens with one attached hydrogen (secondary N) is 2. The lowest BCUT2D eigenvalue weighted by atomic mass is 10.1. The van der Waals surface area contributed by atoms with Gasteiger partial charge in [0.25, 0.3) is 5.91 Å². The van der Waals surface area contributed by atoms with Gasteiger partial charge in [0, 0.05) is 22.9 Å². The second-order valence-corrected chi connectivity index (χ2v) is 6.89. The van der Waals surface area contributed by atoms with Crippen molar-refractivity contribution in [2.75, 3.05) is 10.6 Å². The molecule has 27 heavy (non-hydrogen) atoms. The summed E-state index contributed by atoms with van der Waals surface area (Å²) in [5.41, 5.74) is 5.12. The Morgan fingerprint density at radius 2 is 1.44 bits per heavy atom. The molecule has 2 N–H and O–H groups in total. The van der Waals surface area contributed by atoms with Crippen molar-refractivity contribution in [2.24, 2.45) is 5.92 Å². The second-order valence-electron chi connectivity index (χ2n) is 6.89. The molecule has 136 valence electrons. The van der Waals surface area contributed by atoms with Crippen LogP contribution in [0.15, 0.2) is 42.5 Å². The maximum atomic E-state index is 12.5. The van der Waals surface area contributed by atoms with Gasteiger partial charge in [-0.1, -0.05) is 0 Å². The van der Waals surface area contributed by atoms with Gasteiger partial charge in [-0.25, -0.2) is 9.97 Å². The minimum Gasteiger partial charge on any atom is -0.326 e. The van der Waals surface area contributed by atoms with Gasteiger partial charge >= 0.3 is 0 Å². The Bertz CT molecular complexity index is 1040. The molecule has 1 aromatic heterocycles. The first-order valence-electron chi connectivity index (χ1n) is 8.97. The fourth-order valence-corrected chi connectivity index (χ4v) is 2.80. The number of benzene rings is 2. The van der Waals surface area contributed by atoms with Crippen LogP contribution in [0.25, 0.3) is 11.0 Å². The maximum Gasteiger partial charge on any atom is 0.255 e. The molecule has 6 nitrogen and oxygen atoms in total. The number of nitrogens with zero attached hydrogens (tertiary/aromatic N) is 2. The number of hydrogen-bond acceptors (Lipinski definition) is 4. The molecular weight excluding hydrogens is 340 g/mol. The van der Waals surface area contributed by atoms with Crippen LogP contribution in [0.2, 0.25) is 0 Å². The van der Waals surface area contributed by atoms with Crippen LogP contribution in [-0.2, 0) is 4.79 Å². The van der Waals surface area contributed by atoms with Crippen molar-refractivity contribution >= 4 is 34.2 Å². The Balaban J connectivity index is 1.47. The van der Waals surface area contributed by atoms with Crippen molar-refractivity contribution in [3.63, 3.8) is 0 Å². The fraction of sp³-hybridized carbons (Fsp3) is 0.238. The number of anilines is 2. The minimum absolute atomic E-state index is 0.0644. The average molecular weight is 360 g/mol. The van der Waals surface area contributed by atoms with Gasteiger partial charge in [0.15, 0.2) is 0 Å². The van der Waals surface area contributed by atoms with Crippen molar-refractivity contribution in [2.45, 2.75) is 26.7 Å². The molecule has 0 saturated heterocycles. The number of amides is 2. The van der Waals surface area contributed by atoms with Gasteiger partial charge < -0.3 is 10.6 Å². The van der Waals surface area contributed by atoms with Crippen LogP contribution in [0.4, 0.5) is 11.4 Å². The van der Waals surface area contributed by atoms with Gasteiger partial charge in [0.1, 0.15) is 0 Å². The second kappa shape index (κ2) is 6.79. The zero-order valence-electron chi connectivity index (χ0n) is 15.2. The molecular formula is C21H20N4O2. The summed E-state index contributed by atoms with van der Waals surface area (Å²) in [4.78, 5) is 33.3. The third-order valence-electron chi connectivity index (χ3n) is 4.70. The number of hydrogen-bond donors (Lipinski definition) is 2. The van der Waals surface area contributed by atoms with E-state index in [-0.39, 0.29) is 17.7 Å². The predicted octanol–water partition coefficient (Wildman–Crippen LogP) is 3.85. The summed E-state index contributed by atoms with van der Waals surface area (Å²) < 4.78 is 0. The highest BCUT2D eigenvalue weighted by Gasteiger charge is 2.29. The summed E-state index contributed by atoms with van der Waals surface area (Å²) in [5.74, 6) is 0.00842. The molecule has 0 bridgehead atoms. The lowest BCUT2D eigenvalue weighted by Crippen LogP contribution is -2.14. The van der Waals surface area contributed by atoms with Gasteiger partial charge in [0.05, 0.1) is 22.4 Å². The highest BCUT2D eigenvalue weighted by molar-refractivity contribution is 6.06. The van der Waals surface area contributed by atoms with Crippen LogP contribution in [0, 0.1) is 19.8 Å². The molecule has 2 amide bonds. The van der Waals surface area contributed by atoms with E-state index in [0.29, 0.717) is 16.8 Å². The van der Waals surface area contributed by atoms with Gasteiger partial charge in [-0.2, -0.15) is 0 Å². The molecule has 0 unspecified atom stereocenters. The third-order valence-corrected chi connectivity index (χ3v) is 4.70. The number of carbonyl (C=O) groups is 2. The molecule has 1 saturated carbocycles. The van der Waals surface area contributed by atoms with Crippen LogP contribution in [0.1, 0.15) is 34.6 Å². The van der Waals surface area contributed by atoms with Crippen LogP contribution in [-0.4, -0.2) is 21.8 Å². The molecule has 0 spiro atoms. The van der Waals surface area contributed by atoms with Crippen molar-refractivity contribution in [1.82, 2.24) is 9.97 Å². The molecule has 1 fully saturated rings.